The lowest BCUT2D eigenvalue weighted by atomic mass is 10.1. The van der Waals surface area contributed by atoms with Crippen LogP contribution >= 0.6 is 0 Å². The van der Waals surface area contributed by atoms with Gasteiger partial charge in [-0.25, -0.2) is 0 Å². The molecule has 1 aromatic heterocycles. The van der Waals surface area contributed by atoms with Crippen LogP contribution in [0.4, 0.5) is 5.69 Å². The van der Waals surface area contributed by atoms with Crippen LogP contribution in [0.25, 0.3) is 6.08 Å². The highest BCUT2D eigenvalue weighted by Crippen LogP contribution is 2.23. The molecular formula is C29H29N3O3. The topological polar surface area (TPSA) is 65.4 Å². The van der Waals surface area contributed by atoms with Crippen LogP contribution in [0.2, 0.25) is 0 Å². The molecule has 0 bridgehead atoms. The van der Waals surface area contributed by atoms with Gasteiger partial charge in [0.2, 0.25) is 5.91 Å². The van der Waals surface area contributed by atoms with Crippen LogP contribution in [0.3, 0.4) is 0 Å². The number of aromatic nitrogens is 2. The molecule has 3 aromatic carbocycles. The number of benzene rings is 3. The lowest BCUT2D eigenvalue weighted by Gasteiger charge is -2.11. The van der Waals surface area contributed by atoms with E-state index in [1.165, 1.54) is 17.2 Å². The van der Waals surface area contributed by atoms with E-state index in [2.05, 4.69) is 35.5 Å². The van der Waals surface area contributed by atoms with E-state index in [-0.39, 0.29) is 5.91 Å². The molecule has 0 aliphatic heterocycles. The number of aryl methyl sites for hydroxylation is 2. The van der Waals surface area contributed by atoms with E-state index in [1.54, 1.807) is 24.1 Å². The van der Waals surface area contributed by atoms with Crippen molar-refractivity contribution in [3.8, 4) is 11.5 Å². The number of anilines is 1. The van der Waals surface area contributed by atoms with Gasteiger partial charge >= 0.3 is 0 Å². The number of carbonyl (C=O) groups is 1. The number of hydrogen-bond donors (Lipinski definition) is 1. The standard InChI is InChI=1S/C29H29N3O3/c1-21-7-11-27(12-8-21)35-20-25-16-23(9-13-28(25)34-3)10-14-29(33)31-26-17-30-32(19-26)18-24-6-4-5-22(2)15-24/h4-17,19H,18,20H2,1-3H3,(H,31,33)/b14-10+. The number of nitrogens with zero attached hydrogens (tertiary/aromatic N) is 2. The van der Waals surface area contributed by atoms with Gasteiger partial charge in [-0.15, -0.1) is 0 Å². The number of ether oxygens (including phenoxy) is 2. The molecule has 0 aliphatic rings. The van der Waals surface area contributed by atoms with E-state index >= 15 is 0 Å². The van der Waals surface area contributed by atoms with Crippen LogP contribution in [0.5, 0.6) is 11.5 Å². The summed E-state index contributed by atoms with van der Waals surface area (Å²) in [5, 5.41) is 7.20. The Labute approximate surface area is 205 Å². The van der Waals surface area contributed by atoms with Gasteiger partial charge in [0.05, 0.1) is 25.5 Å². The summed E-state index contributed by atoms with van der Waals surface area (Å²) in [4.78, 5) is 12.5. The molecule has 0 radical (unpaired) electrons. The minimum absolute atomic E-state index is 0.228. The van der Waals surface area contributed by atoms with Crippen LogP contribution in [-0.2, 0) is 17.9 Å². The fourth-order valence-corrected chi connectivity index (χ4v) is 3.68. The third kappa shape index (κ3) is 6.84. The van der Waals surface area contributed by atoms with Gasteiger partial charge in [0.25, 0.3) is 0 Å². The number of rotatable bonds is 9. The maximum atomic E-state index is 12.5. The van der Waals surface area contributed by atoms with Gasteiger partial charge in [-0.1, -0.05) is 53.6 Å². The molecule has 0 saturated carbocycles. The Hall–Kier alpha value is -4.32. The van der Waals surface area contributed by atoms with E-state index in [0.29, 0.717) is 18.8 Å². The number of carbonyl (C=O) groups excluding carboxylic acids is 1. The van der Waals surface area contributed by atoms with Crippen LogP contribution in [0.1, 0.15) is 27.8 Å². The molecule has 6 nitrogen and oxygen atoms in total. The smallest absolute Gasteiger partial charge is 0.248 e. The Bertz CT molecular complexity index is 1320. The zero-order chi connectivity index (χ0) is 24.6. The average molecular weight is 468 g/mol. The number of nitrogens with one attached hydrogen (secondary N) is 1. The third-order valence-corrected chi connectivity index (χ3v) is 5.47. The van der Waals surface area contributed by atoms with Crippen molar-refractivity contribution in [3.05, 3.63) is 113 Å². The molecule has 0 fully saturated rings. The van der Waals surface area contributed by atoms with Crippen molar-refractivity contribution in [2.75, 3.05) is 12.4 Å². The van der Waals surface area contributed by atoms with Crippen LogP contribution in [0.15, 0.2) is 85.2 Å². The van der Waals surface area contributed by atoms with Crippen LogP contribution < -0.4 is 14.8 Å². The Morgan fingerprint density at radius 2 is 1.86 bits per heavy atom. The minimum Gasteiger partial charge on any atom is -0.496 e. The second-order valence-corrected chi connectivity index (χ2v) is 8.41. The van der Waals surface area contributed by atoms with E-state index in [1.807, 2.05) is 61.7 Å². The van der Waals surface area contributed by atoms with Crippen molar-refractivity contribution < 1.29 is 14.3 Å². The Morgan fingerprint density at radius 1 is 1.03 bits per heavy atom. The summed E-state index contributed by atoms with van der Waals surface area (Å²) in [6, 6.07) is 21.9. The van der Waals surface area contributed by atoms with Crippen molar-refractivity contribution >= 4 is 17.7 Å². The average Bonchev–Trinajstić information content (AvgIpc) is 3.28. The van der Waals surface area contributed by atoms with Crippen molar-refractivity contribution in [2.24, 2.45) is 0 Å². The highest BCUT2D eigenvalue weighted by atomic mass is 16.5. The van der Waals surface area contributed by atoms with Gasteiger partial charge in [0.1, 0.15) is 18.1 Å². The van der Waals surface area contributed by atoms with Gasteiger partial charge < -0.3 is 14.8 Å². The number of methoxy groups -OCH3 is 1. The first kappa shape index (κ1) is 23.8. The molecule has 4 aromatic rings. The molecule has 1 N–H and O–H groups in total. The van der Waals surface area contributed by atoms with Crippen molar-refractivity contribution in [3.63, 3.8) is 0 Å². The van der Waals surface area contributed by atoms with Gasteiger partial charge in [0, 0.05) is 17.8 Å². The lowest BCUT2D eigenvalue weighted by Crippen LogP contribution is -2.07. The van der Waals surface area contributed by atoms with Crippen LogP contribution in [-0.4, -0.2) is 22.8 Å². The minimum atomic E-state index is -0.228. The predicted octanol–water partition coefficient (Wildman–Crippen LogP) is 5.79. The molecule has 4 rings (SSSR count). The predicted molar refractivity (Wildman–Crippen MR) is 139 cm³/mol. The summed E-state index contributed by atoms with van der Waals surface area (Å²) in [7, 11) is 1.63. The SMILES string of the molecule is COc1ccc(/C=C/C(=O)Nc2cnn(Cc3cccc(C)c3)c2)cc1COc1ccc(C)cc1. The lowest BCUT2D eigenvalue weighted by molar-refractivity contribution is -0.111. The summed E-state index contributed by atoms with van der Waals surface area (Å²) in [6.45, 7) is 5.11. The number of amides is 1. The molecule has 1 heterocycles. The summed E-state index contributed by atoms with van der Waals surface area (Å²) >= 11 is 0. The molecule has 0 spiro atoms. The molecule has 35 heavy (non-hydrogen) atoms. The Morgan fingerprint density at radius 3 is 2.63 bits per heavy atom. The Kier molecular flexibility index (Phi) is 7.63. The largest absolute Gasteiger partial charge is 0.496 e. The maximum Gasteiger partial charge on any atom is 0.248 e. The zero-order valence-corrected chi connectivity index (χ0v) is 20.2. The quantitative estimate of drug-likeness (QED) is 0.317. The highest BCUT2D eigenvalue weighted by molar-refractivity contribution is 6.01. The summed E-state index contributed by atoms with van der Waals surface area (Å²) < 4.78 is 13.2. The first-order valence-electron chi connectivity index (χ1n) is 11.4. The van der Waals surface area contributed by atoms with Crippen molar-refractivity contribution in [1.29, 1.82) is 0 Å². The van der Waals surface area contributed by atoms with E-state index in [9.17, 15) is 4.79 Å². The summed E-state index contributed by atoms with van der Waals surface area (Å²) in [6.07, 6.45) is 6.74. The molecule has 0 saturated heterocycles. The van der Waals surface area contributed by atoms with Crippen molar-refractivity contribution in [1.82, 2.24) is 9.78 Å². The Balaban J connectivity index is 1.36. The van der Waals surface area contributed by atoms with E-state index < -0.39 is 0 Å². The van der Waals surface area contributed by atoms with Crippen LogP contribution in [0, 0.1) is 13.8 Å². The van der Waals surface area contributed by atoms with Gasteiger partial charge in [-0.3, -0.25) is 9.48 Å². The van der Waals surface area contributed by atoms with Gasteiger partial charge in [0.15, 0.2) is 0 Å². The fourth-order valence-electron chi connectivity index (χ4n) is 3.68. The molecule has 0 aliphatic carbocycles. The first-order valence-corrected chi connectivity index (χ1v) is 11.4. The van der Waals surface area contributed by atoms with Gasteiger partial charge in [-0.2, -0.15) is 5.10 Å². The molecule has 178 valence electrons. The van der Waals surface area contributed by atoms with Gasteiger partial charge in [-0.05, 0) is 55.3 Å². The monoisotopic (exact) mass is 467 g/mol. The van der Waals surface area contributed by atoms with Crippen molar-refractivity contribution in [2.45, 2.75) is 27.0 Å². The van der Waals surface area contributed by atoms with E-state index in [0.717, 1.165) is 28.2 Å². The fraction of sp³-hybridized carbons (Fsp3) is 0.172. The normalized spacial score (nSPS) is 10.9. The molecule has 0 unspecified atom stereocenters. The molecule has 1 amide bonds. The third-order valence-electron chi connectivity index (χ3n) is 5.47. The highest BCUT2D eigenvalue weighted by Gasteiger charge is 2.07. The summed E-state index contributed by atoms with van der Waals surface area (Å²) in [5.41, 5.74) is 5.96. The zero-order valence-electron chi connectivity index (χ0n) is 20.2. The maximum absolute atomic E-state index is 12.5. The summed E-state index contributed by atoms with van der Waals surface area (Å²) in [5.74, 6) is 1.30. The number of hydrogen-bond acceptors (Lipinski definition) is 4. The molecule has 6 heteroatoms. The molecular weight excluding hydrogens is 438 g/mol. The second kappa shape index (κ2) is 11.2. The first-order chi connectivity index (χ1) is 17.0. The molecule has 0 atom stereocenters. The van der Waals surface area contributed by atoms with E-state index in [4.69, 9.17) is 9.47 Å². The second-order valence-electron chi connectivity index (χ2n) is 8.41.